The molecule has 0 amide bonds. The molecule has 1 N–H and O–H groups in total. The number of ether oxygens (including phenoxy) is 2. The lowest BCUT2D eigenvalue weighted by atomic mass is 9.78. The van der Waals surface area contributed by atoms with Crippen molar-refractivity contribution in [3.63, 3.8) is 0 Å². The van der Waals surface area contributed by atoms with E-state index in [9.17, 15) is 4.79 Å². The van der Waals surface area contributed by atoms with Gasteiger partial charge < -0.3 is 14.8 Å². The molecule has 1 aliphatic heterocycles. The molecule has 0 unspecified atom stereocenters. The minimum Gasteiger partial charge on any atom is -0.493 e. The van der Waals surface area contributed by atoms with E-state index in [4.69, 9.17) is 32.7 Å². The number of methoxy groups -OCH3 is 2. The van der Waals surface area contributed by atoms with Crippen LogP contribution in [-0.4, -0.2) is 34.8 Å². The normalized spacial score (nSPS) is 19.8. The van der Waals surface area contributed by atoms with Crippen LogP contribution >= 0.6 is 23.2 Å². The molecule has 1 aliphatic carbocycles. The van der Waals surface area contributed by atoms with Crippen LogP contribution in [0.3, 0.4) is 0 Å². The van der Waals surface area contributed by atoms with Crippen LogP contribution in [0.4, 0.5) is 5.95 Å². The maximum atomic E-state index is 13.5. The second-order valence-corrected chi connectivity index (χ2v) is 8.54. The zero-order valence-corrected chi connectivity index (χ0v) is 18.9. The molecule has 5 rings (SSSR count). The predicted octanol–water partition coefficient (Wildman–Crippen LogP) is 5.02. The topological polar surface area (TPSA) is 78.3 Å². The molecule has 0 radical (unpaired) electrons. The summed E-state index contributed by atoms with van der Waals surface area (Å²) in [6.07, 6.45) is 2.43. The Bertz CT molecular complexity index is 1230. The number of Topliss-reactive ketones (excluding diaryl/α,β-unsaturated/α-hetero) is 1. The molecule has 2 heterocycles. The lowest BCUT2D eigenvalue weighted by Crippen LogP contribution is -2.33. The van der Waals surface area contributed by atoms with Gasteiger partial charge in [-0.25, -0.2) is 4.68 Å². The van der Waals surface area contributed by atoms with Crippen molar-refractivity contribution in [1.29, 1.82) is 0 Å². The fraction of sp³-hybridized carbons (Fsp3) is 0.261. The fourth-order valence-electron chi connectivity index (χ4n) is 4.53. The predicted molar refractivity (Wildman–Crippen MR) is 122 cm³/mol. The van der Waals surface area contributed by atoms with E-state index >= 15 is 0 Å². The van der Waals surface area contributed by atoms with Gasteiger partial charge in [0.05, 0.1) is 14.2 Å². The first-order valence-corrected chi connectivity index (χ1v) is 10.9. The van der Waals surface area contributed by atoms with Crippen molar-refractivity contribution in [3.8, 4) is 11.5 Å². The van der Waals surface area contributed by atoms with Crippen LogP contribution in [0.2, 0.25) is 10.0 Å². The highest BCUT2D eigenvalue weighted by Crippen LogP contribution is 2.47. The number of nitrogens with one attached hydrogen (secondary N) is 1. The zero-order valence-electron chi connectivity index (χ0n) is 17.4. The van der Waals surface area contributed by atoms with E-state index in [0.29, 0.717) is 51.5 Å². The molecule has 0 spiro atoms. The molecule has 2 aliphatic rings. The van der Waals surface area contributed by atoms with Gasteiger partial charge in [-0.05, 0) is 42.2 Å². The number of benzene rings is 2. The monoisotopic (exact) mass is 470 g/mol. The smallest absolute Gasteiger partial charge is 0.226 e. The summed E-state index contributed by atoms with van der Waals surface area (Å²) in [4.78, 5) is 17.9. The summed E-state index contributed by atoms with van der Waals surface area (Å²) >= 11 is 13.1. The Morgan fingerprint density at radius 3 is 2.53 bits per heavy atom. The maximum Gasteiger partial charge on any atom is 0.226 e. The minimum absolute atomic E-state index is 0.0145. The molecular formula is C23H20Cl2N4O3. The Morgan fingerprint density at radius 1 is 1.06 bits per heavy atom. The molecule has 0 fully saturated rings. The molecule has 32 heavy (non-hydrogen) atoms. The van der Waals surface area contributed by atoms with E-state index < -0.39 is 6.04 Å². The molecular weight excluding hydrogens is 451 g/mol. The number of rotatable bonds is 4. The van der Waals surface area contributed by atoms with Crippen molar-refractivity contribution in [2.45, 2.75) is 24.8 Å². The van der Waals surface area contributed by atoms with Gasteiger partial charge in [0.15, 0.2) is 17.3 Å². The molecule has 9 heteroatoms. The van der Waals surface area contributed by atoms with Gasteiger partial charge in [-0.3, -0.25) is 4.79 Å². The van der Waals surface area contributed by atoms with Crippen LogP contribution in [0.15, 0.2) is 54.0 Å². The first-order valence-electron chi connectivity index (χ1n) is 10.1. The average molecular weight is 471 g/mol. The van der Waals surface area contributed by atoms with Gasteiger partial charge in [0, 0.05) is 33.3 Å². The average Bonchev–Trinajstić information content (AvgIpc) is 3.26. The first-order chi connectivity index (χ1) is 15.5. The van der Waals surface area contributed by atoms with E-state index in [2.05, 4.69) is 15.4 Å². The summed E-state index contributed by atoms with van der Waals surface area (Å²) in [5, 5.41) is 8.61. The van der Waals surface area contributed by atoms with E-state index in [-0.39, 0.29) is 11.7 Å². The van der Waals surface area contributed by atoms with Gasteiger partial charge in [-0.15, -0.1) is 0 Å². The highest BCUT2D eigenvalue weighted by Gasteiger charge is 2.40. The summed E-state index contributed by atoms with van der Waals surface area (Å²) in [7, 11) is 3.20. The molecule has 164 valence electrons. The Kier molecular flexibility index (Phi) is 5.31. The number of fused-ring (bicyclic) bond motifs is 1. The quantitative estimate of drug-likeness (QED) is 0.576. The number of carbonyl (C=O) groups is 1. The van der Waals surface area contributed by atoms with Crippen molar-refractivity contribution in [1.82, 2.24) is 14.8 Å². The fourth-order valence-corrected chi connectivity index (χ4v) is 5.14. The summed E-state index contributed by atoms with van der Waals surface area (Å²) < 4.78 is 12.5. The van der Waals surface area contributed by atoms with Gasteiger partial charge in [0.1, 0.15) is 12.4 Å². The van der Waals surface area contributed by atoms with Crippen LogP contribution in [-0.2, 0) is 4.79 Å². The van der Waals surface area contributed by atoms with E-state index in [0.717, 1.165) is 11.3 Å². The van der Waals surface area contributed by atoms with E-state index in [1.807, 2.05) is 18.2 Å². The van der Waals surface area contributed by atoms with Crippen molar-refractivity contribution < 1.29 is 14.3 Å². The number of ketones is 1. The van der Waals surface area contributed by atoms with Crippen molar-refractivity contribution >= 4 is 34.9 Å². The maximum absolute atomic E-state index is 13.5. The van der Waals surface area contributed by atoms with E-state index in [1.165, 1.54) is 6.33 Å². The van der Waals surface area contributed by atoms with Crippen LogP contribution in [0.25, 0.3) is 0 Å². The minimum atomic E-state index is -0.538. The first kappa shape index (κ1) is 20.8. The van der Waals surface area contributed by atoms with Gasteiger partial charge in [0.2, 0.25) is 5.95 Å². The Balaban J connectivity index is 1.59. The highest BCUT2D eigenvalue weighted by molar-refractivity contribution is 6.36. The summed E-state index contributed by atoms with van der Waals surface area (Å²) in [6.45, 7) is 0. The molecule has 0 saturated carbocycles. The third kappa shape index (κ3) is 3.32. The van der Waals surface area contributed by atoms with Gasteiger partial charge in [-0.1, -0.05) is 35.3 Å². The number of hydrogen-bond donors (Lipinski definition) is 1. The third-order valence-corrected chi connectivity index (χ3v) is 6.67. The zero-order chi connectivity index (χ0) is 22.4. The Hall–Kier alpha value is -3.03. The number of aromatic nitrogens is 3. The molecule has 1 aromatic heterocycles. The van der Waals surface area contributed by atoms with Crippen molar-refractivity contribution in [2.24, 2.45) is 0 Å². The molecule has 0 bridgehead atoms. The second-order valence-electron chi connectivity index (χ2n) is 7.73. The molecule has 2 atom stereocenters. The standard InChI is InChI=1S/C23H20Cl2N4O3/c1-31-18-7-6-12(10-19(18)32-2)13-8-16-21(17(30)9-13)22(29-23(28-16)26-11-27-29)20-14(24)4-3-5-15(20)25/h3-7,10-11,13,22H,8-9H2,1-2H3,(H,26,27,28)/t13-,22+/m0/s1. The number of nitrogens with zero attached hydrogens (tertiary/aromatic N) is 3. The van der Waals surface area contributed by atoms with Gasteiger partial charge in [-0.2, -0.15) is 10.1 Å². The third-order valence-electron chi connectivity index (χ3n) is 6.01. The summed E-state index contributed by atoms with van der Waals surface area (Å²) in [6, 6.07) is 10.5. The molecule has 3 aromatic rings. The number of carbonyl (C=O) groups excluding carboxylic acids is 1. The number of anilines is 1. The molecule has 0 saturated heterocycles. The number of halogens is 2. The Morgan fingerprint density at radius 2 is 1.81 bits per heavy atom. The number of hydrogen-bond acceptors (Lipinski definition) is 6. The lowest BCUT2D eigenvalue weighted by molar-refractivity contribution is -0.116. The second kappa shape index (κ2) is 8.15. The molecule has 7 nitrogen and oxygen atoms in total. The highest BCUT2D eigenvalue weighted by atomic mass is 35.5. The SMILES string of the molecule is COc1ccc([C@@H]2CC(=O)C3=C(C2)Nc2ncnn2[C@@H]3c2c(Cl)cccc2Cl)cc1OC. The van der Waals surface area contributed by atoms with Gasteiger partial charge >= 0.3 is 0 Å². The van der Waals surface area contributed by atoms with E-state index in [1.54, 1.807) is 37.1 Å². The van der Waals surface area contributed by atoms with Crippen molar-refractivity contribution in [3.05, 3.63) is 75.2 Å². The summed E-state index contributed by atoms with van der Waals surface area (Å²) in [5.74, 6) is 1.82. The van der Waals surface area contributed by atoms with Gasteiger partial charge in [0.25, 0.3) is 0 Å². The molecule has 2 aromatic carbocycles. The van der Waals surface area contributed by atoms with Crippen LogP contribution in [0.1, 0.15) is 35.9 Å². The largest absolute Gasteiger partial charge is 0.493 e. The van der Waals surface area contributed by atoms with Crippen LogP contribution in [0, 0.1) is 0 Å². The van der Waals surface area contributed by atoms with Crippen molar-refractivity contribution in [2.75, 3.05) is 19.5 Å². The van der Waals surface area contributed by atoms with Crippen LogP contribution < -0.4 is 14.8 Å². The Labute approximate surface area is 195 Å². The number of allylic oxidation sites excluding steroid dienone is 2. The summed E-state index contributed by atoms with van der Waals surface area (Å²) in [5.41, 5.74) is 3.08. The van der Waals surface area contributed by atoms with Crippen LogP contribution in [0.5, 0.6) is 11.5 Å². The lowest BCUT2D eigenvalue weighted by Gasteiger charge is -2.35.